The standard InChI is InChI=1S/C14H15N3O/c15-9-14(17-5-7-18-8-6-17)12-10-16-13-4-2-1-3-11(12)13/h1-4,10,14,16H,5-8H2/p+1/t14-/m0/s1. The molecule has 0 aliphatic carbocycles. The van der Waals surface area contributed by atoms with Gasteiger partial charge in [0.25, 0.3) is 0 Å². The second-order valence-electron chi connectivity index (χ2n) is 4.62. The largest absolute Gasteiger partial charge is 0.370 e. The van der Waals surface area contributed by atoms with E-state index in [1.54, 1.807) is 0 Å². The highest BCUT2D eigenvalue weighted by Gasteiger charge is 2.28. The van der Waals surface area contributed by atoms with Gasteiger partial charge in [-0.25, -0.2) is 0 Å². The lowest BCUT2D eigenvalue weighted by Crippen LogP contribution is -3.14. The van der Waals surface area contributed by atoms with Crippen LogP contribution in [0.2, 0.25) is 0 Å². The fourth-order valence-corrected chi connectivity index (χ4v) is 2.64. The Morgan fingerprint density at radius 1 is 1.28 bits per heavy atom. The van der Waals surface area contributed by atoms with Gasteiger partial charge in [-0.2, -0.15) is 5.26 Å². The van der Waals surface area contributed by atoms with Gasteiger partial charge in [-0.15, -0.1) is 0 Å². The molecular formula is C14H16N3O+. The number of H-pyrrole nitrogens is 1. The third kappa shape index (κ3) is 1.88. The number of nitrogens with one attached hydrogen (secondary N) is 2. The lowest BCUT2D eigenvalue weighted by molar-refractivity contribution is -0.930. The molecule has 1 saturated heterocycles. The van der Waals surface area contributed by atoms with Gasteiger partial charge >= 0.3 is 0 Å². The number of quaternary nitrogens is 1. The number of para-hydroxylation sites is 1. The first-order chi connectivity index (χ1) is 8.90. The summed E-state index contributed by atoms with van der Waals surface area (Å²) in [5.41, 5.74) is 2.20. The van der Waals surface area contributed by atoms with Gasteiger partial charge in [0.05, 0.1) is 13.2 Å². The van der Waals surface area contributed by atoms with Gasteiger partial charge < -0.3 is 14.6 Å². The van der Waals surface area contributed by atoms with E-state index in [1.165, 1.54) is 4.90 Å². The normalized spacial score (nSPS) is 18.6. The summed E-state index contributed by atoms with van der Waals surface area (Å²) in [6, 6.07) is 10.5. The van der Waals surface area contributed by atoms with Crippen molar-refractivity contribution in [1.82, 2.24) is 4.98 Å². The number of aromatic nitrogens is 1. The highest BCUT2D eigenvalue weighted by molar-refractivity contribution is 5.83. The maximum Gasteiger partial charge on any atom is 0.202 e. The first-order valence-corrected chi connectivity index (χ1v) is 6.28. The number of morpholine rings is 1. The van der Waals surface area contributed by atoms with Crippen LogP contribution in [0.1, 0.15) is 11.6 Å². The van der Waals surface area contributed by atoms with Gasteiger partial charge in [-0.1, -0.05) is 18.2 Å². The predicted molar refractivity (Wildman–Crippen MR) is 68.2 cm³/mol. The summed E-state index contributed by atoms with van der Waals surface area (Å²) in [7, 11) is 0. The van der Waals surface area contributed by atoms with Gasteiger partial charge in [-0.3, -0.25) is 0 Å². The summed E-state index contributed by atoms with van der Waals surface area (Å²) < 4.78 is 5.36. The van der Waals surface area contributed by atoms with Crippen molar-refractivity contribution < 1.29 is 9.64 Å². The van der Waals surface area contributed by atoms with Crippen molar-refractivity contribution in [3.8, 4) is 6.07 Å². The zero-order chi connectivity index (χ0) is 12.4. The molecule has 0 spiro atoms. The van der Waals surface area contributed by atoms with Crippen LogP contribution in [-0.2, 0) is 4.74 Å². The molecule has 1 aromatic carbocycles. The number of ether oxygens (including phenoxy) is 1. The van der Waals surface area contributed by atoms with Crippen molar-refractivity contribution in [2.45, 2.75) is 6.04 Å². The molecule has 92 valence electrons. The molecule has 0 radical (unpaired) electrons. The number of nitriles is 1. The van der Waals surface area contributed by atoms with Crippen LogP contribution in [0.4, 0.5) is 0 Å². The monoisotopic (exact) mass is 242 g/mol. The van der Waals surface area contributed by atoms with Crippen LogP contribution in [-0.4, -0.2) is 31.3 Å². The highest BCUT2D eigenvalue weighted by Crippen LogP contribution is 2.22. The van der Waals surface area contributed by atoms with Crippen LogP contribution in [0.25, 0.3) is 10.9 Å². The zero-order valence-electron chi connectivity index (χ0n) is 10.1. The number of hydrogen-bond acceptors (Lipinski definition) is 2. The molecule has 2 N–H and O–H groups in total. The lowest BCUT2D eigenvalue weighted by Gasteiger charge is -2.27. The van der Waals surface area contributed by atoms with Crippen molar-refractivity contribution in [1.29, 1.82) is 5.26 Å². The van der Waals surface area contributed by atoms with E-state index < -0.39 is 0 Å². The smallest absolute Gasteiger partial charge is 0.202 e. The quantitative estimate of drug-likeness (QED) is 0.812. The van der Waals surface area contributed by atoms with E-state index in [9.17, 15) is 5.26 Å². The fourth-order valence-electron chi connectivity index (χ4n) is 2.64. The average molecular weight is 242 g/mol. The average Bonchev–Trinajstić information content (AvgIpc) is 2.85. The Labute approximate surface area is 106 Å². The molecule has 2 heterocycles. The Morgan fingerprint density at radius 3 is 2.83 bits per heavy atom. The number of fused-ring (bicyclic) bond motifs is 1. The summed E-state index contributed by atoms with van der Waals surface area (Å²) in [5.74, 6) is 0. The molecule has 1 aromatic heterocycles. The van der Waals surface area contributed by atoms with Gasteiger partial charge in [0.1, 0.15) is 19.2 Å². The molecule has 0 bridgehead atoms. The maximum absolute atomic E-state index is 9.48. The molecule has 18 heavy (non-hydrogen) atoms. The van der Waals surface area contributed by atoms with E-state index in [2.05, 4.69) is 17.1 Å². The summed E-state index contributed by atoms with van der Waals surface area (Å²) in [5, 5.41) is 10.6. The second-order valence-corrected chi connectivity index (χ2v) is 4.62. The molecule has 3 rings (SSSR count). The Morgan fingerprint density at radius 2 is 2.06 bits per heavy atom. The van der Waals surface area contributed by atoms with Crippen molar-refractivity contribution >= 4 is 10.9 Å². The first kappa shape index (κ1) is 11.3. The van der Waals surface area contributed by atoms with Crippen LogP contribution in [0, 0.1) is 11.3 Å². The predicted octanol–water partition coefficient (Wildman–Crippen LogP) is 0.648. The lowest BCUT2D eigenvalue weighted by atomic mass is 10.1. The van der Waals surface area contributed by atoms with Gasteiger partial charge in [-0.05, 0) is 6.07 Å². The molecule has 0 unspecified atom stereocenters. The molecular weight excluding hydrogens is 226 g/mol. The van der Waals surface area contributed by atoms with Gasteiger partial charge in [0.15, 0.2) is 0 Å². The van der Waals surface area contributed by atoms with Crippen LogP contribution in [0.3, 0.4) is 0 Å². The molecule has 2 aromatic rings. The Kier molecular flexibility index (Phi) is 3.01. The number of nitrogens with zero attached hydrogens (tertiary/aromatic N) is 1. The maximum atomic E-state index is 9.48. The number of rotatable bonds is 2. The third-order valence-corrected chi connectivity index (χ3v) is 3.60. The van der Waals surface area contributed by atoms with Crippen molar-refractivity contribution in [3.05, 3.63) is 36.0 Å². The molecule has 1 aliphatic rings. The summed E-state index contributed by atoms with van der Waals surface area (Å²) in [6.07, 6.45) is 1.97. The van der Waals surface area contributed by atoms with E-state index in [0.29, 0.717) is 0 Å². The molecule has 4 nitrogen and oxygen atoms in total. The minimum Gasteiger partial charge on any atom is -0.370 e. The number of hydrogen-bond donors (Lipinski definition) is 2. The van der Waals surface area contributed by atoms with Crippen LogP contribution < -0.4 is 4.90 Å². The van der Waals surface area contributed by atoms with Crippen LogP contribution >= 0.6 is 0 Å². The minimum atomic E-state index is -0.106. The minimum absolute atomic E-state index is 0.106. The third-order valence-electron chi connectivity index (χ3n) is 3.60. The zero-order valence-corrected chi connectivity index (χ0v) is 10.1. The second kappa shape index (κ2) is 4.81. The van der Waals surface area contributed by atoms with Crippen molar-refractivity contribution in [3.63, 3.8) is 0 Å². The van der Waals surface area contributed by atoms with E-state index in [-0.39, 0.29) is 6.04 Å². The molecule has 4 heteroatoms. The van der Waals surface area contributed by atoms with Crippen LogP contribution in [0.15, 0.2) is 30.5 Å². The SMILES string of the molecule is N#C[C@@H](c1c[nH]c2ccccc12)[NH+]1CCOCC1. The summed E-state index contributed by atoms with van der Waals surface area (Å²) >= 11 is 0. The summed E-state index contributed by atoms with van der Waals surface area (Å²) in [4.78, 5) is 4.55. The number of benzene rings is 1. The first-order valence-electron chi connectivity index (χ1n) is 6.28. The molecule has 1 fully saturated rings. The van der Waals surface area contributed by atoms with Crippen LogP contribution in [0.5, 0.6) is 0 Å². The summed E-state index contributed by atoms with van der Waals surface area (Å²) in [6.45, 7) is 3.29. The Hall–Kier alpha value is -1.83. The Balaban J connectivity index is 1.98. The van der Waals surface area contributed by atoms with E-state index in [4.69, 9.17) is 4.74 Å². The molecule has 1 atom stereocenters. The van der Waals surface area contributed by atoms with Crippen molar-refractivity contribution in [2.24, 2.45) is 0 Å². The molecule has 0 saturated carbocycles. The molecule has 0 amide bonds. The van der Waals surface area contributed by atoms with E-state index in [0.717, 1.165) is 42.8 Å². The fraction of sp³-hybridized carbons (Fsp3) is 0.357. The van der Waals surface area contributed by atoms with E-state index in [1.807, 2.05) is 24.4 Å². The van der Waals surface area contributed by atoms with E-state index >= 15 is 0 Å². The van der Waals surface area contributed by atoms with Crippen molar-refractivity contribution in [2.75, 3.05) is 26.3 Å². The highest BCUT2D eigenvalue weighted by atomic mass is 16.5. The Bertz CT molecular complexity index is 578. The topological polar surface area (TPSA) is 53.2 Å². The van der Waals surface area contributed by atoms with Gasteiger partial charge in [0.2, 0.25) is 6.04 Å². The number of aromatic amines is 1. The molecule has 1 aliphatic heterocycles. The van der Waals surface area contributed by atoms with Gasteiger partial charge in [0, 0.05) is 22.7 Å².